The molecule has 0 saturated carbocycles. The summed E-state index contributed by atoms with van der Waals surface area (Å²) >= 11 is 0. The third-order valence-electron chi connectivity index (χ3n) is 4.83. The number of ether oxygens (including phenoxy) is 1. The van der Waals surface area contributed by atoms with E-state index in [4.69, 9.17) is 4.74 Å². The summed E-state index contributed by atoms with van der Waals surface area (Å²) in [6.45, 7) is 1.14. The predicted molar refractivity (Wildman–Crippen MR) is 73.9 cm³/mol. The minimum absolute atomic E-state index is 0.156. The molecule has 0 aliphatic carbocycles. The lowest BCUT2D eigenvalue weighted by molar-refractivity contribution is -0.130. The van der Waals surface area contributed by atoms with Gasteiger partial charge in [0.05, 0.1) is 13.2 Å². The quantitative estimate of drug-likeness (QED) is 0.802. The van der Waals surface area contributed by atoms with Crippen LogP contribution in [0.2, 0.25) is 0 Å². The molecule has 120 valence electrons. The Labute approximate surface area is 127 Å². The molecule has 2 atom stereocenters. The fourth-order valence-corrected chi connectivity index (χ4v) is 3.41. The van der Waals surface area contributed by atoms with Crippen molar-refractivity contribution in [3.05, 3.63) is 35.1 Å². The first-order chi connectivity index (χ1) is 10.5. The molecular weight excluding hydrogens is 295 g/mol. The van der Waals surface area contributed by atoms with Crippen molar-refractivity contribution in [3.63, 3.8) is 0 Å². The molecule has 0 amide bonds. The molecule has 2 saturated heterocycles. The van der Waals surface area contributed by atoms with E-state index in [1.165, 1.54) is 0 Å². The van der Waals surface area contributed by atoms with Crippen molar-refractivity contribution in [3.8, 4) is 0 Å². The van der Waals surface area contributed by atoms with Crippen molar-refractivity contribution in [1.82, 2.24) is 4.90 Å². The van der Waals surface area contributed by atoms with Crippen LogP contribution < -0.4 is 0 Å². The van der Waals surface area contributed by atoms with E-state index < -0.39 is 29.4 Å². The number of nitrogens with zero attached hydrogens (tertiary/aromatic N) is 1. The van der Waals surface area contributed by atoms with Gasteiger partial charge in [0.2, 0.25) is 0 Å². The van der Waals surface area contributed by atoms with E-state index in [1.54, 1.807) is 0 Å². The summed E-state index contributed by atoms with van der Waals surface area (Å²) in [4.78, 5) is 14.6. The number of carbonyl (C=O) groups is 1. The molecule has 22 heavy (non-hydrogen) atoms. The van der Waals surface area contributed by atoms with Gasteiger partial charge in [0.15, 0.2) is 11.6 Å². The first-order valence-corrected chi connectivity index (χ1v) is 7.42. The molecule has 1 aromatic carbocycles. The number of morpholine rings is 1. The Kier molecular flexibility index (Phi) is 4.23. The zero-order valence-electron chi connectivity index (χ0n) is 12.3. The van der Waals surface area contributed by atoms with Crippen molar-refractivity contribution >= 4 is 5.78 Å². The van der Waals surface area contributed by atoms with E-state index in [0.717, 1.165) is 12.1 Å². The second kappa shape index (κ2) is 6.01. The number of ketones is 1. The zero-order valence-corrected chi connectivity index (χ0v) is 12.3. The number of hydrogen-bond donors (Lipinski definition) is 0. The fraction of sp³-hybridized carbons (Fsp3) is 0.562. The second-order valence-corrected chi connectivity index (χ2v) is 6.14. The molecule has 3 nitrogen and oxygen atoms in total. The predicted octanol–water partition coefficient (Wildman–Crippen LogP) is 2.32. The molecule has 2 fully saturated rings. The van der Waals surface area contributed by atoms with Crippen molar-refractivity contribution in [1.29, 1.82) is 0 Å². The molecule has 1 aromatic rings. The number of likely N-dealkylation sites (N-methyl/N-ethyl adjacent to an activating group) is 1. The normalized spacial score (nSPS) is 28.6. The van der Waals surface area contributed by atoms with Gasteiger partial charge in [-0.25, -0.2) is 13.2 Å². The topological polar surface area (TPSA) is 29.5 Å². The van der Waals surface area contributed by atoms with Gasteiger partial charge < -0.3 is 4.74 Å². The molecule has 2 heterocycles. The molecule has 0 aromatic heterocycles. The van der Waals surface area contributed by atoms with Gasteiger partial charge in [-0.3, -0.25) is 9.69 Å². The third kappa shape index (κ3) is 2.77. The number of carbonyl (C=O) groups excluding carboxylic acids is 1. The summed E-state index contributed by atoms with van der Waals surface area (Å²) in [5.41, 5.74) is -0.467. The molecule has 6 heteroatoms. The van der Waals surface area contributed by atoms with E-state index in [-0.39, 0.29) is 23.8 Å². The van der Waals surface area contributed by atoms with Crippen LogP contribution >= 0.6 is 0 Å². The van der Waals surface area contributed by atoms with Crippen molar-refractivity contribution in [2.75, 3.05) is 20.3 Å². The minimum atomic E-state index is -1.26. The van der Waals surface area contributed by atoms with E-state index in [9.17, 15) is 18.0 Å². The van der Waals surface area contributed by atoms with Crippen LogP contribution in [0.4, 0.5) is 13.2 Å². The van der Waals surface area contributed by atoms with Crippen LogP contribution in [-0.2, 0) is 16.0 Å². The van der Waals surface area contributed by atoms with Gasteiger partial charge in [-0.1, -0.05) is 0 Å². The highest BCUT2D eigenvalue weighted by atomic mass is 19.2. The number of hydrogen-bond acceptors (Lipinski definition) is 3. The van der Waals surface area contributed by atoms with Crippen LogP contribution in [0.1, 0.15) is 18.4 Å². The van der Waals surface area contributed by atoms with Gasteiger partial charge in [0.25, 0.3) is 0 Å². The SMILES string of the molecule is CN1C2COCC1CC(C(=O)Cc1c(F)ccc(F)c1F)C2. The van der Waals surface area contributed by atoms with Gasteiger partial charge in [0, 0.05) is 30.0 Å². The second-order valence-electron chi connectivity index (χ2n) is 6.14. The fourth-order valence-electron chi connectivity index (χ4n) is 3.41. The Morgan fingerprint density at radius 3 is 2.41 bits per heavy atom. The average molecular weight is 313 g/mol. The molecule has 2 unspecified atom stereocenters. The first kappa shape index (κ1) is 15.5. The van der Waals surface area contributed by atoms with E-state index in [2.05, 4.69) is 4.90 Å². The molecule has 2 aliphatic rings. The Balaban J connectivity index is 1.74. The molecule has 3 rings (SSSR count). The molecule has 0 spiro atoms. The largest absolute Gasteiger partial charge is 0.378 e. The summed E-state index contributed by atoms with van der Waals surface area (Å²) in [7, 11) is 2.00. The van der Waals surface area contributed by atoms with Gasteiger partial charge in [-0.15, -0.1) is 0 Å². The van der Waals surface area contributed by atoms with Crippen molar-refractivity contribution in [2.45, 2.75) is 31.3 Å². The number of Topliss-reactive ketones (excluding diaryl/α,β-unsaturated/α-hetero) is 1. The summed E-state index contributed by atoms with van der Waals surface area (Å²) in [6, 6.07) is 1.90. The molecular formula is C16H18F3NO2. The van der Waals surface area contributed by atoms with Gasteiger partial charge >= 0.3 is 0 Å². The lowest BCUT2D eigenvalue weighted by Gasteiger charge is -2.46. The Morgan fingerprint density at radius 2 is 1.77 bits per heavy atom. The summed E-state index contributed by atoms with van der Waals surface area (Å²) in [5.74, 6) is -3.74. The maximum absolute atomic E-state index is 13.7. The highest BCUT2D eigenvalue weighted by Crippen LogP contribution is 2.32. The van der Waals surface area contributed by atoms with Crippen molar-refractivity contribution < 1.29 is 22.7 Å². The summed E-state index contributed by atoms with van der Waals surface area (Å²) in [6.07, 6.45) is 0.832. The number of rotatable bonds is 3. The number of fused-ring (bicyclic) bond motifs is 2. The maximum atomic E-state index is 13.7. The van der Waals surface area contributed by atoms with Crippen LogP contribution in [0.5, 0.6) is 0 Å². The van der Waals surface area contributed by atoms with Gasteiger partial charge in [0.1, 0.15) is 11.6 Å². The molecule has 0 radical (unpaired) electrons. The lowest BCUT2D eigenvalue weighted by Crippen LogP contribution is -2.56. The maximum Gasteiger partial charge on any atom is 0.165 e. The summed E-state index contributed by atoms with van der Waals surface area (Å²) < 4.78 is 46.1. The standard InChI is InChI=1S/C16H18F3NO2/c1-20-10-4-9(5-11(20)8-22-7-10)15(21)6-12-13(17)2-3-14(18)16(12)19/h2-3,9-11H,4-8H2,1H3. The lowest BCUT2D eigenvalue weighted by atomic mass is 9.81. The zero-order chi connectivity index (χ0) is 15.9. The van der Waals surface area contributed by atoms with E-state index >= 15 is 0 Å². The number of halogens is 3. The summed E-state index contributed by atoms with van der Waals surface area (Å²) in [5, 5.41) is 0. The third-order valence-corrected chi connectivity index (χ3v) is 4.83. The monoisotopic (exact) mass is 313 g/mol. The molecule has 0 N–H and O–H groups in total. The molecule has 2 aliphatic heterocycles. The number of benzene rings is 1. The van der Waals surface area contributed by atoms with E-state index in [1.807, 2.05) is 7.05 Å². The Bertz CT molecular complexity index is 579. The highest BCUT2D eigenvalue weighted by Gasteiger charge is 2.39. The molecule has 2 bridgehead atoms. The van der Waals surface area contributed by atoms with Crippen LogP contribution in [0, 0.1) is 23.4 Å². The van der Waals surface area contributed by atoms with Gasteiger partial charge in [-0.05, 0) is 32.0 Å². The average Bonchev–Trinajstić information content (AvgIpc) is 2.47. The van der Waals surface area contributed by atoms with Gasteiger partial charge in [-0.2, -0.15) is 0 Å². The van der Waals surface area contributed by atoms with Crippen LogP contribution in [0.3, 0.4) is 0 Å². The highest BCUT2D eigenvalue weighted by molar-refractivity contribution is 5.83. The van der Waals surface area contributed by atoms with E-state index in [0.29, 0.717) is 26.1 Å². The Hall–Kier alpha value is -1.40. The Morgan fingerprint density at radius 1 is 1.18 bits per heavy atom. The van der Waals surface area contributed by atoms with Crippen LogP contribution in [-0.4, -0.2) is 43.0 Å². The van der Waals surface area contributed by atoms with Crippen LogP contribution in [0.15, 0.2) is 12.1 Å². The minimum Gasteiger partial charge on any atom is -0.378 e. The van der Waals surface area contributed by atoms with Crippen LogP contribution in [0.25, 0.3) is 0 Å². The van der Waals surface area contributed by atoms with Crippen molar-refractivity contribution in [2.24, 2.45) is 5.92 Å². The number of piperidine rings is 1. The first-order valence-electron chi connectivity index (χ1n) is 7.42. The smallest absolute Gasteiger partial charge is 0.165 e.